The molecule has 3 aromatic rings. The summed E-state index contributed by atoms with van der Waals surface area (Å²) in [6, 6.07) is 16.9. The molecule has 0 aliphatic heterocycles. The van der Waals surface area contributed by atoms with Gasteiger partial charge in [0.1, 0.15) is 0 Å². The molecule has 1 aromatic heterocycles. The van der Waals surface area contributed by atoms with Gasteiger partial charge in [-0.2, -0.15) is 0 Å². The number of nitrogens with two attached hydrogens (primary N) is 1. The first-order valence-corrected chi connectivity index (χ1v) is 10.7. The van der Waals surface area contributed by atoms with Gasteiger partial charge >= 0.3 is 0 Å². The van der Waals surface area contributed by atoms with E-state index >= 15 is 0 Å². The topological polar surface area (TPSA) is 50.9 Å². The van der Waals surface area contributed by atoms with Gasteiger partial charge in [-0.1, -0.05) is 49.9 Å². The van der Waals surface area contributed by atoms with Crippen LogP contribution in [0.25, 0.3) is 10.9 Å². The molecule has 0 fully saturated rings. The van der Waals surface area contributed by atoms with E-state index in [9.17, 15) is 0 Å². The number of hydrogen-bond donors (Lipinski definition) is 2. The second kappa shape index (κ2) is 9.00. The number of allylic oxidation sites excluding steroid dienone is 3. The van der Waals surface area contributed by atoms with Crippen LogP contribution >= 0.6 is 0 Å². The lowest BCUT2D eigenvalue weighted by atomic mass is 9.90. The molecule has 0 unspecified atom stereocenters. The molecular formula is C27H29N3. The van der Waals surface area contributed by atoms with E-state index < -0.39 is 0 Å². The van der Waals surface area contributed by atoms with E-state index in [-0.39, 0.29) is 0 Å². The summed E-state index contributed by atoms with van der Waals surface area (Å²) in [5.41, 5.74) is 15.0. The predicted octanol–water partition coefficient (Wildman–Crippen LogP) is 6.58. The Morgan fingerprint density at radius 2 is 1.77 bits per heavy atom. The Morgan fingerprint density at radius 3 is 2.57 bits per heavy atom. The molecule has 2 aromatic carbocycles. The van der Waals surface area contributed by atoms with Crippen LogP contribution in [0.1, 0.15) is 37.3 Å². The van der Waals surface area contributed by atoms with Crippen LogP contribution in [-0.2, 0) is 12.8 Å². The number of aromatic nitrogens is 1. The number of nitrogen functional groups attached to an aromatic ring is 1. The van der Waals surface area contributed by atoms with Gasteiger partial charge in [0.15, 0.2) is 0 Å². The van der Waals surface area contributed by atoms with Crippen LogP contribution in [0.5, 0.6) is 0 Å². The van der Waals surface area contributed by atoms with Crippen LogP contribution in [0.2, 0.25) is 0 Å². The number of fused-ring (bicyclic) bond motifs is 1. The van der Waals surface area contributed by atoms with Gasteiger partial charge in [0, 0.05) is 28.7 Å². The first kappa shape index (κ1) is 20.0. The molecule has 1 heterocycles. The third-order valence-corrected chi connectivity index (χ3v) is 5.76. The van der Waals surface area contributed by atoms with Gasteiger partial charge in [0.05, 0.1) is 5.52 Å². The lowest BCUT2D eigenvalue weighted by Gasteiger charge is -2.20. The monoisotopic (exact) mass is 395 g/mol. The Balaban J connectivity index is 1.46. The van der Waals surface area contributed by atoms with Gasteiger partial charge in [-0.15, -0.1) is 0 Å². The fraction of sp³-hybridized carbons (Fsp3) is 0.222. The third kappa shape index (κ3) is 4.46. The van der Waals surface area contributed by atoms with E-state index in [1.54, 1.807) is 6.20 Å². The van der Waals surface area contributed by atoms with Crippen molar-refractivity contribution in [1.29, 1.82) is 0 Å². The number of nitrogens with zero attached hydrogens (tertiary/aromatic N) is 1. The van der Waals surface area contributed by atoms with Gasteiger partial charge in [-0.25, -0.2) is 0 Å². The van der Waals surface area contributed by atoms with Crippen LogP contribution < -0.4 is 11.1 Å². The molecule has 0 saturated carbocycles. The van der Waals surface area contributed by atoms with Crippen molar-refractivity contribution in [3.8, 4) is 0 Å². The second-order valence-corrected chi connectivity index (χ2v) is 7.83. The van der Waals surface area contributed by atoms with E-state index in [0.29, 0.717) is 0 Å². The molecule has 1 aliphatic rings. The van der Waals surface area contributed by atoms with E-state index in [2.05, 4.69) is 60.2 Å². The van der Waals surface area contributed by atoms with E-state index in [0.717, 1.165) is 60.1 Å². The quantitative estimate of drug-likeness (QED) is 0.475. The van der Waals surface area contributed by atoms with E-state index in [1.807, 2.05) is 24.3 Å². The van der Waals surface area contributed by atoms with Crippen molar-refractivity contribution in [2.75, 3.05) is 11.1 Å². The van der Waals surface area contributed by atoms with Crippen molar-refractivity contribution in [3.05, 3.63) is 101 Å². The average molecular weight is 396 g/mol. The molecule has 30 heavy (non-hydrogen) atoms. The minimum absolute atomic E-state index is 0.737. The van der Waals surface area contributed by atoms with Crippen molar-refractivity contribution in [3.63, 3.8) is 0 Å². The highest BCUT2D eigenvalue weighted by molar-refractivity contribution is 5.92. The lowest BCUT2D eigenvalue weighted by molar-refractivity contribution is 0.898. The summed E-state index contributed by atoms with van der Waals surface area (Å²) in [7, 11) is 0. The maximum absolute atomic E-state index is 6.12. The van der Waals surface area contributed by atoms with E-state index in [1.165, 1.54) is 22.3 Å². The Bertz CT molecular complexity index is 1120. The first-order chi connectivity index (χ1) is 14.6. The molecule has 1 aliphatic carbocycles. The normalized spacial score (nSPS) is 13.6. The molecule has 0 spiro atoms. The van der Waals surface area contributed by atoms with E-state index in [4.69, 9.17) is 5.73 Å². The minimum Gasteiger partial charge on any atom is -0.398 e. The summed E-state index contributed by atoms with van der Waals surface area (Å²) >= 11 is 0. The van der Waals surface area contributed by atoms with Crippen LogP contribution in [0, 0.1) is 0 Å². The minimum atomic E-state index is 0.737. The first-order valence-electron chi connectivity index (χ1n) is 10.7. The maximum atomic E-state index is 6.12. The third-order valence-electron chi connectivity index (χ3n) is 5.76. The Morgan fingerprint density at radius 1 is 1.00 bits per heavy atom. The van der Waals surface area contributed by atoms with Crippen molar-refractivity contribution in [2.24, 2.45) is 0 Å². The number of pyridine rings is 1. The highest BCUT2D eigenvalue weighted by Crippen LogP contribution is 2.30. The standard InChI is InChI=1S/C27H29N3/c1-3-20-8-10-21(11-9-20)12-13-22-6-4-5-7-24(22)19(2)30-23-14-15-27-25(18-23)26(28)16-17-29-27/h6-11,14-18,30H,2-5,12-13H2,1H3,(H2,28,29). The van der Waals surface area contributed by atoms with Gasteiger partial charge < -0.3 is 11.1 Å². The van der Waals surface area contributed by atoms with Gasteiger partial charge in [-0.05, 0) is 78.6 Å². The molecule has 0 amide bonds. The SMILES string of the molecule is C=C(Nc1ccc2nccc(N)c2c1)C1=CCCC=C1CCc1ccc(CC)cc1. The van der Waals surface area contributed by atoms with Crippen molar-refractivity contribution in [1.82, 2.24) is 4.98 Å². The summed E-state index contributed by atoms with van der Waals surface area (Å²) in [6.45, 7) is 6.53. The maximum Gasteiger partial charge on any atom is 0.0724 e. The predicted molar refractivity (Wildman–Crippen MR) is 128 cm³/mol. The second-order valence-electron chi connectivity index (χ2n) is 7.83. The molecule has 152 valence electrons. The number of benzene rings is 2. The van der Waals surface area contributed by atoms with Gasteiger partial charge in [-0.3, -0.25) is 4.98 Å². The molecule has 0 atom stereocenters. The summed E-state index contributed by atoms with van der Waals surface area (Å²) in [6.07, 6.45) is 11.7. The largest absolute Gasteiger partial charge is 0.398 e. The Labute approximate surface area is 179 Å². The molecule has 3 N–H and O–H groups in total. The van der Waals surface area contributed by atoms with Crippen molar-refractivity contribution >= 4 is 22.3 Å². The Kier molecular flexibility index (Phi) is 5.99. The molecule has 0 radical (unpaired) electrons. The number of aryl methyl sites for hydroxylation is 2. The molecular weight excluding hydrogens is 366 g/mol. The van der Waals surface area contributed by atoms with Crippen LogP contribution in [0.4, 0.5) is 11.4 Å². The van der Waals surface area contributed by atoms with Crippen LogP contribution in [-0.4, -0.2) is 4.98 Å². The zero-order chi connectivity index (χ0) is 20.9. The zero-order valence-electron chi connectivity index (χ0n) is 17.6. The highest BCUT2D eigenvalue weighted by atomic mass is 14.9. The fourth-order valence-corrected chi connectivity index (χ4v) is 3.99. The smallest absolute Gasteiger partial charge is 0.0724 e. The molecule has 0 saturated heterocycles. The summed E-state index contributed by atoms with van der Waals surface area (Å²) in [5.74, 6) is 0. The molecule has 0 bridgehead atoms. The van der Waals surface area contributed by atoms with Crippen molar-refractivity contribution < 1.29 is 0 Å². The number of hydrogen-bond acceptors (Lipinski definition) is 3. The Hall–Kier alpha value is -3.33. The average Bonchev–Trinajstić information content (AvgIpc) is 2.79. The number of anilines is 2. The highest BCUT2D eigenvalue weighted by Gasteiger charge is 2.13. The summed E-state index contributed by atoms with van der Waals surface area (Å²) in [4.78, 5) is 4.38. The fourth-order valence-electron chi connectivity index (χ4n) is 3.99. The zero-order valence-corrected chi connectivity index (χ0v) is 17.6. The number of nitrogens with one attached hydrogen (secondary N) is 1. The van der Waals surface area contributed by atoms with Gasteiger partial charge in [0.2, 0.25) is 0 Å². The van der Waals surface area contributed by atoms with Gasteiger partial charge in [0.25, 0.3) is 0 Å². The van der Waals surface area contributed by atoms with Crippen molar-refractivity contribution in [2.45, 2.75) is 39.0 Å². The van der Waals surface area contributed by atoms with Crippen LogP contribution in [0.15, 0.2) is 90.3 Å². The number of rotatable bonds is 7. The molecule has 4 rings (SSSR count). The van der Waals surface area contributed by atoms with Crippen LogP contribution in [0.3, 0.4) is 0 Å². The lowest BCUT2D eigenvalue weighted by Crippen LogP contribution is -2.07. The molecule has 3 heteroatoms. The summed E-state index contributed by atoms with van der Waals surface area (Å²) < 4.78 is 0. The summed E-state index contributed by atoms with van der Waals surface area (Å²) in [5, 5.41) is 4.44. The molecule has 3 nitrogen and oxygen atoms in total.